The molecular formula is C20H22O7P+. The molecule has 148 valence electrons. The maximum atomic E-state index is 12.2. The van der Waals surface area contributed by atoms with Crippen molar-refractivity contribution in [2.45, 2.75) is 24.8 Å². The van der Waals surface area contributed by atoms with E-state index in [1.165, 1.54) is 0 Å². The quantitative estimate of drug-likeness (QED) is 0.675. The van der Waals surface area contributed by atoms with Gasteiger partial charge in [-0.1, -0.05) is 60.7 Å². The Morgan fingerprint density at radius 1 is 0.643 bits per heavy atom. The van der Waals surface area contributed by atoms with Crippen molar-refractivity contribution in [1.82, 2.24) is 0 Å². The van der Waals surface area contributed by atoms with Crippen LogP contribution >= 0.6 is 8.25 Å². The van der Waals surface area contributed by atoms with E-state index in [9.17, 15) is 4.57 Å². The predicted molar refractivity (Wildman–Crippen MR) is 99.5 cm³/mol. The molecule has 2 heterocycles. The number of hydrogen-bond donors (Lipinski definition) is 0. The van der Waals surface area contributed by atoms with Gasteiger partial charge in [0.1, 0.15) is 0 Å². The molecule has 0 atom stereocenters. The fourth-order valence-corrected chi connectivity index (χ4v) is 3.75. The van der Waals surface area contributed by atoms with Crippen LogP contribution < -0.4 is 0 Å². The van der Waals surface area contributed by atoms with Crippen LogP contribution in [0.2, 0.25) is 0 Å². The highest BCUT2D eigenvalue weighted by atomic mass is 31.1. The summed E-state index contributed by atoms with van der Waals surface area (Å²) in [5.41, 5.74) is 1.87. The molecule has 0 bridgehead atoms. The molecule has 2 aromatic rings. The van der Waals surface area contributed by atoms with Crippen LogP contribution in [-0.2, 0) is 32.6 Å². The van der Waals surface area contributed by atoms with E-state index >= 15 is 0 Å². The van der Waals surface area contributed by atoms with E-state index in [4.69, 9.17) is 28.0 Å². The van der Waals surface area contributed by atoms with Crippen LogP contribution in [0, 0.1) is 0 Å². The molecule has 2 saturated heterocycles. The van der Waals surface area contributed by atoms with Crippen molar-refractivity contribution >= 4 is 8.25 Å². The summed E-state index contributed by atoms with van der Waals surface area (Å²) in [4.78, 5) is 0. The van der Waals surface area contributed by atoms with Gasteiger partial charge in [-0.05, 0) is 0 Å². The maximum absolute atomic E-state index is 12.2. The van der Waals surface area contributed by atoms with Gasteiger partial charge in [0.25, 0.3) is 0 Å². The Bertz CT molecular complexity index is 678. The zero-order chi connectivity index (χ0) is 19.2. The van der Waals surface area contributed by atoms with Crippen molar-refractivity contribution in [1.29, 1.82) is 0 Å². The first kappa shape index (κ1) is 19.6. The van der Waals surface area contributed by atoms with Crippen LogP contribution in [0.1, 0.15) is 23.7 Å². The monoisotopic (exact) mass is 405 g/mol. The second-order valence-electron chi connectivity index (χ2n) is 6.50. The third-order valence-corrected chi connectivity index (χ3v) is 5.29. The van der Waals surface area contributed by atoms with Gasteiger partial charge in [0.15, 0.2) is 24.8 Å². The molecule has 4 rings (SSSR count). The van der Waals surface area contributed by atoms with Crippen LogP contribution in [0.25, 0.3) is 0 Å². The molecule has 0 saturated carbocycles. The minimum Gasteiger partial charge on any atom is -0.345 e. The van der Waals surface area contributed by atoms with Crippen molar-refractivity contribution in [3.63, 3.8) is 0 Å². The van der Waals surface area contributed by atoms with Crippen molar-refractivity contribution in [3.05, 3.63) is 71.8 Å². The number of hydrogen-bond acceptors (Lipinski definition) is 7. The molecular weight excluding hydrogens is 383 g/mol. The molecule has 2 aliphatic heterocycles. The predicted octanol–water partition coefficient (Wildman–Crippen LogP) is 3.91. The van der Waals surface area contributed by atoms with Crippen LogP contribution in [0.4, 0.5) is 0 Å². The average molecular weight is 405 g/mol. The Hall–Kier alpha value is -1.70. The van der Waals surface area contributed by atoms with E-state index in [-0.39, 0.29) is 26.4 Å². The Morgan fingerprint density at radius 3 is 1.36 bits per heavy atom. The van der Waals surface area contributed by atoms with Gasteiger partial charge in [0.2, 0.25) is 0 Å². The molecule has 8 heteroatoms. The van der Waals surface area contributed by atoms with Gasteiger partial charge in [0, 0.05) is 15.7 Å². The highest BCUT2D eigenvalue weighted by Gasteiger charge is 2.37. The van der Waals surface area contributed by atoms with E-state index in [1.54, 1.807) is 0 Å². The van der Waals surface area contributed by atoms with Crippen molar-refractivity contribution in [2.75, 3.05) is 26.4 Å². The lowest BCUT2D eigenvalue weighted by atomic mass is 10.2. The summed E-state index contributed by atoms with van der Waals surface area (Å²) in [6.07, 6.45) is -1.78. The fourth-order valence-electron chi connectivity index (χ4n) is 2.97. The molecule has 0 N–H and O–H groups in total. The van der Waals surface area contributed by atoms with Crippen LogP contribution in [0.15, 0.2) is 60.7 Å². The third-order valence-electron chi connectivity index (χ3n) is 4.35. The molecule has 2 aromatic carbocycles. The number of benzene rings is 2. The topological polar surface area (TPSA) is 72.5 Å². The lowest BCUT2D eigenvalue weighted by Crippen LogP contribution is -2.34. The normalized spacial score (nSPS) is 28.6. The maximum Gasteiger partial charge on any atom is 0.698 e. The second kappa shape index (κ2) is 9.67. The van der Waals surface area contributed by atoms with E-state index in [2.05, 4.69) is 0 Å². The molecule has 0 spiro atoms. The highest BCUT2D eigenvalue weighted by Crippen LogP contribution is 2.34. The van der Waals surface area contributed by atoms with E-state index in [0.717, 1.165) is 11.1 Å². The van der Waals surface area contributed by atoms with Gasteiger partial charge in [-0.15, -0.1) is 9.05 Å². The van der Waals surface area contributed by atoms with Crippen molar-refractivity contribution in [3.8, 4) is 0 Å². The molecule has 2 aliphatic rings. The Morgan fingerprint density at radius 2 is 1.00 bits per heavy atom. The first-order valence-corrected chi connectivity index (χ1v) is 10.2. The van der Waals surface area contributed by atoms with Crippen molar-refractivity contribution < 1.29 is 32.6 Å². The van der Waals surface area contributed by atoms with E-state index in [0.29, 0.717) is 0 Å². The standard InChI is InChI=1S/C20H22O7P/c21-28(26-17-11-22-19(23-12-17)15-7-3-1-4-8-15)27-18-13-24-20(25-14-18)16-9-5-2-6-10-16/h1-10,17-20H,11-14H2/q+1. The fraction of sp³-hybridized carbons (Fsp3) is 0.400. The summed E-state index contributed by atoms with van der Waals surface area (Å²) in [5.74, 6) is 0. The van der Waals surface area contributed by atoms with Gasteiger partial charge >= 0.3 is 8.25 Å². The summed E-state index contributed by atoms with van der Waals surface area (Å²) in [6, 6.07) is 19.3. The van der Waals surface area contributed by atoms with Crippen molar-refractivity contribution in [2.24, 2.45) is 0 Å². The Labute approximate surface area is 164 Å². The summed E-state index contributed by atoms with van der Waals surface area (Å²) in [5, 5.41) is 0. The largest absolute Gasteiger partial charge is 0.698 e. The van der Waals surface area contributed by atoms with Crippen LogP contribution in [0.5, 0.6) is 0 Å². The SMILES string of the molecule is O=[P+](OC1COC(c2ccccc2)OC1)OC1COC(c2ccccc2)OC1. The first-order chi connectivity index (χ1) is 13.8. The van der Waals surface area contributed by atoms with Gasteiger partial charge in [-0.25, -0.2) is 0 Å². The van der Waals surface area contributed by atoms with Gasteiger partial charge in [0.05, 0.1) is 26.4 Å². The second-order valence-corrected chi connectivity index (χ2v) is 7.37. The molecule has 0 amide bonds. The molecule has 28 heavy (non-hydrogen) atoms. The van der Waals surface area contributed by atoms with E-state index < -0.39 is 33.0 Å². The van der Waals surface area contributed by atoms with Gasteiger partial charge < -0.3 is 18.9 Å². The highest BCUT2D eigenvalue weighted by molar-refractivity contribution is 7.33. The number of rotatable bonds is 6. The molecule has 0 unspecified atom stereocenters. The Kier molecular flexibility index (Phi) is 6.77. The molecule has 7 nitrogen and oxygen atoms in total. The third kappa shape index (κ3) is 5.21. The van der Waals surface area contributed by atoms with E-state index in [1.807, 2.05) is 60.7 Å². The average Bonchev–Trinajstić information content (AvgIpc) is 2.76. The summed E-state index contributed by atoms with van der Waals surface area (Å²) in [6.45, 7) is 1.10. The minimum absolute atomic E-state index is 0.276. The molecule has 0 aliphatic carbocycles. The zero-order valence-electron chi connectivity index (χ0n) is 15.2. The Balaban J connectivity index is 1.18. The van der Waals surface area contributed by atoms with Crippen LogP contribution in [0.3, 0.4) is 0 Å². The summed E-state index contributed by atoms with van der Waals surface area (Å²) < 4.78 is 45.6. The molecule has 2 fully saturated rings. The summed E-state index contributed by atoms with van der Waals surface area (Å²) >= 11 is 0. The van der Waals surface area contributed by atoms with Crippen LogP contribution in [-0.4, -0.2) is 38.6 Å². The molecule has 0 aromatic heterocycles. The lowest BCUT2D eigenvalue weighted by Gasteiger charge is -2.27. The van der Waals surface area contributed by atoms with Gasteiger partial charge in [-0.2, -0.15) is 0 Å². The molecule has 0 radical (unpaired) electrons. The van der Waals surface area contributed by atoms with Gasteiger partial charge in [-0.3, -0.25) is 0 Å². The smallest absolute Gasteiger partial charge is 0.345 e. The zero-order valence-corrected chi connectivity index (χ0v) is 16.1. The first-order valence-electron chi connectivity index (χ1n) is 9.15. The minimum atomic E-state index is -2.33. The lowest BCUT2D eigenvalue weighted by molar-refractivity contribution is -0.223. The number of ether oxygens (including phenoxy) is 4. The summed E-state index contributed by atoms with van der Waals surface area (Å²) in [7, 11) is -2.33.